The SMILES string of the molecule is CC/C=C\CCCCOC(CCC(=O)OCCCCCCCN(CCCCCCCOC(=O)CCC(OCCCC/C=C\CC)OCCCC/C=C\CC)CCCN(CCCO)CCCCCCCC(=O)OCCCCCCCCC)OCCCC/C=C\CC. The van der Waals surface area contributed by atoms with Crippen LogP contribution in [0.15, 0.2) is 48.6 Å². The normalized spacial score (nSPS) is 12.2. The van der Waals surface area contributed by atoms with Gasteiger partial charge in [0.1, 0.15) is 0 Å². The van der Waals surface area contributed by atoms with Gasteiger partial charge in [0.15, 0.2) is 12.6 Å². The number of esters is 3. The lowest BCUT2D eigenvalue weighted by atomic mass is 10.1. The molecule has 0 saturated carbocycles. The molecule has 13 nitrogen and oxygen atoms in total. The maximum Gasteiger partial charge on any atom is 0.305 e. The minimum Gasteiger partial charge on any atom is -0.466 e. The fraction of sp³-hybridized carbons (Fsp3) is 0.857. The minimum absolute atomic E-state index is 0.0418. The van der Waals surface area contributed by atoms with Crippen molar-refractivity contribution in [1.29, 1.82) is 0 Å². The Morgan fingerprint density at radius 2 is 0.578 bits per heavy atom. The average Bonchev–Trinajstić information content (AvgIpc) is 3.57. The Labute approximate surface area is 554 Å². The third-order valence-corrected chi connectivity index (χ3v) is 16.3. The van der Waals surface area contributed by atoms with Crippen LogP contribution in [-0.2, 0) is 47.5 Å². The predicted molar refractivity (Wildman–Crippen MR) is 377 cm³/mol. The molecule has 0 atom stereocenters. The molecule has 13 heteroatoms. The van der Waals surface area contributed by atoms with Gasteiger partial charge in [-0.3, -0.25) is 14.4 Å². The van der Waals surface area contributed by atoms with E-state index < -0.39 is 0 Å². The first-order valence-electron chi connectivity index (χ1n) is 37.9. The number of aliphatic hydroxyl groups is 1. The van der Waals surface area contributed by atoms with E-state index in [-0.39, 0.29) is 37.1 Å². The first kappa shape index (κ1) is 87.1. The number of carbonyl (C=O) groups is 3. The van der Waals surface area contributed by atoms with E-state index in [0.717, 1.165) is 264 Å². The van der Waals surface area contributed by atoms with Crippen molar-refractivity contribution in [3.63, 3.8) is 0 Å². The zero-order chi connectivity index (χ0) is 65.4. The summed E-state index contributed by atoms with van der Waals surface area (Å²) in [4.78, 5) is 43.1. The molecular formula is C77H144N2O11. The van der Waals surface area contributed by atoms with Crippen molar-refractivity contribution >= 4 is 17.9 Å². The quantitative estimate of drug-likeness (QED) is 0.0203. The van der Waals surface area contributed by atoms with Gasteiger partial charge in [-0.15, -0.1) is 0 Å². The van der Waals surface area contributed by atoms with Crippen LogP contribution in [0.5, 0.6) is 0 Å². The summed E-state index contributed by atoms with van der Waals surface area (Å²) in [5.41, 5.74) is 0. The number of carbonyl (C=O) groups excluding carboxylic acids is 3. The molecule has 0 saturated heterocycles. The lowest BCUT2D eigenvalue weighted by Gasteiger charge is -2.26. The summed E-state index contributed by atoms with van der Waals surface area (Å²) in [5, 5.41) is 9.74. The number of hydrogen-bond acceptors (Lipinski definition) is 13. The number of hydrogen-bond donors (Lipinski definition) is 1. The van der Waals surface area contributed by atoms with Crippen LogP contribution in [0.2, 0.25) is 0 Å². The van der Waals surface area contributed by atoms with E-state index in [2.05, 4.69) is 93.0 Å². The zero-order valence-electron chi connectivity index (χ0n) is 59.4. The third-order valence-electron chi connectivity index (χ3n) is 16.3. The van der Waals surface area contributed by atoms with Crippen molar-refractivity contribution in [2.24, 2.45) is 0 Å². The summed E-state index contributed by atoms with van der Waals surface area (Å²) < 4.78 is 41.4. The molecule has 0 rings (SSSR count). The van der Waals surface area contributed by atoms with Gasteiger partial charge in [0, 0.05) is 58.8 Å². The summed E-state index contributed by atoms with van der Waals surface area (Å²) >= 11 is 0. The topological polar surface area (TPSA) is 143 Å². The fourth-order valence-corrected chi connectivity index (χ4v) is 10.7. The molecule has 0 radical (unpaired) electrons. The molecule has 0 amide bonds. The molecule has 0 aromatic carbocycles. The lowest BCUT2D eigenvalue weighted by Crippen LogP contribution is -2.33. The molecular weight excluding hydrogens is 1130 g/mol. The molecule has 0 unspecified atom stereocenters. The molecule has 90 heavy (non-hydrogen) atoms. The average molecular weight is 1270 g/mol. The third kappa shape index (κ3) is 66.5. The van der Waals surface area contributed by atoms with E-state index in [4.69, 9.17) is 33.2 Å². The van der Waals surface area contributed by atoms with Crippen molar-refractivity contribution in [1.82, 2.24) is 9.80 Å². The van der Waals surface area contributed by atoms with Crippen molar-refractivity contribution in [2.45, 2.75) is 336 Å². The van der Waals surface area contributed by atoms with Gasteiger partial charge in [-0.05, 0) is 193 Å². The maximum atomic E-state index is 12.8. The molecule has 0 aromatic heterocycles. The second-order valence-corrected chi connectivity index (χ2v) is 24.9. The van der Waals surface area contributed by atoms with Crippen LogP contribution >= 0.6 is 0 Å². The highest BCUT2D eigenvalue weighted by Gasteiger charge is 2.16. The molecule has 0 aliphatic heterocycles. The number of rotatable bonds is 73. The van der Waals surface area contributed by atoms with Crippen LogP contribution in [0, 0.1) is 0 Å². The van der Waals surface area contributed by atoms with Gasteiger partial charge in [0.05, 0.1) is 32.7 Å². The van der Waals surface area contributed by atoms with Gasteiger partial charge in [0.25, 0.3) is 0 Å². The second kappa shape index (κ2) is 73.5. The summed E-state index contributed by atoms with van der Waals surface area (Å²) in [6, 6.07) is 0. The smallest absolute Gasteiger partial charge is 0.305 e. The highest BCUT2D eigenvalue weighted by molar-refractivity contribution is 5.70. The van der Waals surface area contributed by atoms with Gasteiger partial charge in [-0.1, -0.05) is 180 Å². The van der Waals surface area contributed by atoms with Crippen LogP contribution in [0.25, 0.3) is 0 Å². The van der Waals surface area contributed by atoms with Gasteiger partial charge >= 0.3 is 17.9 Å². The maximum absolute atomic E-state index is 12.8. The van der Waals surface area contributed by atoms with E-state index in [0.29, 0.717) is 78.4 Å². The van der Waals surface area contributed by atoms with Crippen LogP contribution in [-0.4, -0.2) is 138 Å². The Kier molecular flexibility index (Phi) is 71.1. The molecule has 528 valence electrons. The van der Waals surface area contributed by atoms with Crippen molar-refractivity contribution < 1.29 is 52.6 Å². The minimum atomic E-state index is -0.378. The highest BCUT2D eigenvalue weighted by atomic mass is 16.7. The standard InChI is InChI=1S/C77H144N2O11/c1-6-11-16-21-26-38-45-66-84-73(81)54-41-30-27-31-42-61-79(64-53-65-80)63-52-62-78(59-43-32-28-39-46-67-85-74(82)55-57-76(87-69-48-34-22-17-12-7-2)88-70-49-35-23-18-13-8-3)60-44-33-29-40-47-68-86-75(83)56-58-77(89-71-50-36-24-19-14-9-4)90-72-51-37-25-20-15-10-5/h12-15,17-20,76-77,80H,6-11,16,21-72H2,1-5H3/b17-12-,18-13-,19-14-,20-15-. The van der Waals surface area contributed by atoms with Crippen molar-refractivity contribution in [2.75, 3.05) is 92.1 Å². The van der Waals surface area contributed by atoms with E-state index in [1.165, 1.54) is 32.1 Å². The van der Waals surface area contributed by atoms with Crippen LogP contribution in [0.3, 0.4) is 0 Å². The largest absolute Gasteiger partial charge is 0.466 e. The van der Waals surface area contributed by atoms with Gasteiger partial charge in [-0.2, -0.15) is 0 Å². The number of nitrogens with zero attached hydrogens (tertiary/aromatic N) is 2. The number of allylic oxidation sites excluding steroid dienone is 8. The fourth-order valence-electron chi connectivity index (χ4n) is 10.7. The zero-order valence-corrected chi connectivity index (χ0v) is 59.4. The Morgan fingerprint density at radius 3 is 0.911 bits per heavy atom. The highest BCUT2D eigenvalue weighted by Crippen LogP contribution is 2.16. The first-order valence-corrected chi connectivity index (χ1v) is 37.9. The van der Waals surface area contributed by atoms with Gasteiger partial charge < -0.3 is 48.1 Å². The first-order chi connectivity index (χ1) is 44.3. The molecule has 0 bridgehead atoms. The van der Waals surface area contributed by atoms with Crippen LogP contribution < -0.4 is 0 Å². The number of unbranched alkanes of at least 4 members (excludes halogenated alkanes) is 26. The van der Waals surface area contributed by atoms with Crippen LogP contribution in [0.4, 0.5) is 0 Å². The number of aliphatic hydroxyl groups excluding tert-OH is 1. The Morgan fingerprint density at radius 1 is 0.300 bits per heavy atom. The van der Waals surface area contributed by atoms with E-state index in [9.17, 15) is 19.5 Å². The molecule has 1 N–H and O–H groups in total. The predicted octanol–water partition coefficient (Wildman–Crippen LogP) is 19.8. The van der Waals surface area contributed by atoms with Crippen molar-refractivity contribution in [3.05, 3.63) is 48.6 Å². The number of ether oxygens (including phenoxy) is 7. The van der Waals surface area contributed by atoms with E-state index >= 15 is 0 Å². The van der Waals surface area contributed by atoms with E-state index in [1.54, 1.807) is 0 Å². The Hall–Kier alpha value is -2.91. The molecule has 0 spiro atoms. The summed E-state index contributed by atoms with van der Waals surface area (Å²) in [6.45, 7) is 21.3. The van der Waals surface area contributed by atoms with Gasteiger partial charge in [0.2, 0.25) is 0 Å². The van der Waals surface area contributed by atoms with Crippen LogP contribution in [0.1, 0.15) is 324 Å². The Balaban J connectivity index is 5.08. The molecule has 0 aliphatic rings. The van der Waals surface area contributed by atoms with E-state index in [1.807, 2.05) is 0 Å². The summed E-state index contributed by atoms with van der Waals surface area (Å²) in [6.07, 6.45) is 62.5. The molecule has 0 aromatic rings. The van der Waals surface area contributed by atoms with Gasteiger partial charge in [-0.25, -0.2) is 0 Å². The lowest BCUT2D eigenvalue weighted by molar-refractivity contribution is -0.159. The summed E-state index contributed by atoms with van der Waals surface area (Å²) in [5.74, 6) is -0.382. The monoisotopic (exact) mass is 1270 g/mol. The molecule has 0 aliphatic carbocycles. The van der Waals surface area contributed by atoms with Crippen molar-refractivity contribution in [3.8, 4) is 0 Å². The second-order valence-electron chi connectivity index (χ2n) is 24.9. The molecule has 0 heterocycles. The summed E-state index contributed by atoms with van der Waals surface area (Å²) in [7, 11) is 0. The Bertz CT molecular complexity index is 1490. The molecule has 0 fully saturated rings.